The normalized spacial score (nSPS) is 11.3. The van der Waals surface area contributed by atoms with Crippen LogP contribution in [0.25, 0.3) is 0 Å². The molecule has 0 unspecified atom stereocenters. The predicted molar refractivity (Wildman–Crippen MR) is 51.4 cm³/mol. The van der Waals surface area contributed by atoms with Gasteiger partial charge in [0.1, 0.15) is 0 Å². The fraction of sp³-hybridized carbons (Fsp3) is 0.667. The zero-order valence-corrected chi connectivity index (χ0v) is 9.32. The minimum absolute atomic E-state index is 0.0694. The predicted octanol–water partition coefficient (Wildman–Crippen LogP) is -1.82. The van der Waals surface area contributed by atoms with Gasteiger partial charge in [-0.3, -0.25) is 4.79 Å². The highest BCUT2D eigenvalue weighted by Crippen LogP contribution is 1.93. The minimum Gasteiger partial charge on any atom is -0.469 e. The molecule has 0 radical (unpaired) electrons. The molecule has 16 heavy (non-hydrogen) atoms. The van der Waals surface area contributed by atoms with E-state index in [1.54, 1.807) is 0 Å². The molecule has 0 bridgehead atoms. The number of esters is 1. The second-order valence-corrected chi connectivity index (χ2v) is 4.72. The fourth-order valence-corrected chi connectivity index (χ4v) is 1.75. The lowest BCUT2D eigenvalue weighted by Crippen LogP contribution is -2.27. The molecule has 9 nitrogen and oxygen atoms in total. The van der Waals surface area contributed by atoms with Crippen LogP contribution in [0.15, 0.2) is 0 Å². The smallest absolute Gasteiger partial charge is 0.306 e. The summed E-state index contributed by atoms with van der Waals surface area (Å²) in [4.78, 5) is 10.7. The number of carbonyl (C=O) groups is 1. The van der Waals surface area contributed by atoms with Crippen LogP contribution in [0.2, 0.25) is 0 Å². The standard InChI is InChI=1S/C6H11N5O4S/c1-15-6(12)2-3-16(13,14)7-4-5-8-10-11-9-5/h7H,2-4H2,1H3,(H,8,9,10,11). The van der Waals surface area contributed by atoms with E-state index in [0.29, 0.717) is 0 Å². The number of hydrogen-bond acceptors (Lipinski definition) is 7. The van der Waals surface area contributed by atoms with E-state index in [9.17, 15) is 13.2 Å². The van der Waals surface area contributed by atoms with Crippen LogP contribution in [0, 0.1) is 0 Å². The van der Waals surface area contributed by atoms with E-state index in [1.807, 2.05) is 0 Å². The summed E-state index contributed by atoms with van der Waals surface area (Å²) in [6, 6.07) is 0. The molecule has 1 aromatic rings. The molecular weight excluding hydrogens is 238 g/mol. The summed E-state index contributed by atoms with van der Waals surface area (Å²) in [6.07, 6.45) is -0.196. The van der Waals surface area contributed by atoms with Gasteiger partial charge in [-0.05, 0) is 0 Å². The number of hydrogen-bond donors (Lipinski definition) is 2. The van der Waals surface area contributed by atoms with Crippen molar-refractivity contribution in [2.75, 3.05) is 12.9 Å². The van der Waals surface area contributed by atoms with Crippen molar-refractivity contribution in [2.45, 2.75) is 13.0 Å². The van der Waals surface area contributed by atoms with Crippen molar-refractivity contribution in [2.24, 2.45) is 0 Å². The Morgan fingerprint density at radius 3 is 2.88 bits per heavy atom. The van der Waals surface area contributed by atoms with Gasteiger partial charge in [0.15, 0.2) is 5.82 Å². The summed E-state index contributed by atoms with van der Waals surface area (Å²) >= 11 is 0. The number of aromatic nitrogens is 4. The SMILES string of the molecule is COC(=O)CCS(=O)(=O)NCc1nn[nH]n1. The Kier molecular flexibility index (Phi) is 4.31. The van der Waals surface area contributed by atoms with Crippen molar-refractivity contribution < 1.29 is 17.9 Å². The lowest BCUT2D eigenvalue weighted by molar-refractivity contribution is -0.140. The Morgan fingerprint density at radius 2 is 2.31 bits per heavy atom. The zero-order valence-electron chi connectivity index (χ0n) is 8.50. The van der Waals surface area contributed by atoms with Crippen LogP contribution in [0.4, 0.5) is 0 Å². The number of sulfonamides is 1. The summed E-state index contributed by atoms with van der Waals surface area (Å²) < 4.78 is 29.2. The maximum Gasteiger partial charge on any atom is 0.306 e. The molecule has 0 aliphatic carbocycles. The molecule has 0 aliphatic heterocycles. The number of methoxy groups -OCH3 is 1. The largest absolute Gasteiger partial charge is 0.469 e. The summed E-state index contributed by atoms with van der Waals surface area (Å²) in [7, 11) is -2.34. The van der Waals surface area contributed by atoms with Crippen molar-refractivity contribution in [3.63, 3.8) is 0 Å². The van der Waals surface area contributed by atoms with Crippen LogP contribution in [0.5, 0.6) is 0 Å². The summed E-state index contributed by atoms with van der Waals surface area (Å²) in [5.74, 6) is -0.691. The average Bonchev–Trinajstić information content (AvgIpc) is 2.76. The summed E-state index contributed by atoms with van der Waals surface area (Å²) in [5.41, 5.74) is 0. The molecule has 1 aromatic heterocycles. The Morgan fingerprint density at radius 1 is 1.56 bits per heavy atom. The van der Waals surface area contributed by atoms with E-state index >= 15 is 0 Å². The monoisotopic (exact) mass is 249 g/mol. The number of H-pyrrole nitrogens is 1. The molecule has 0 spiro atoms. The first-order valence-electron chi connectivity index (χ1n) is 4.30. The van der Waals surface area contributed by atoms with Gasteiger partial charge >= 0.3 is 5.97 Å². The molecule has 2 N–H and O–H groups in total. The molecule has 0 aromatic carbocycles. The third-order valence-electron chi connectivity index (χ3n) is 1.64. The third-order valence-corrected chi connectivity index (χ3v) is 2.97. The van der Waals surface area contributed by atoms with E-state index in [-0.39, 0.29) is 24.5 Å². The molecule has 0 fully saturated rings. The van der Waals surface area contributed by atoms with Crippen LogP contribution < -0.4 is 4.72 Å². The number of nitrogens with one attached hydrogen (secondary N) is 2. The topological polar surface area (TPSA) is 127 Å². The first kappa shape index (κ1) is 12.5. The van der Waals surface area contributed by atoms with Gasteiger partial charge < -0.3 is 4.74 Å². The lowest BCUT2D eigenvalue weighted by Gasteiger charge is -2.03. The van der Waals surface area contributed by atoms with Gasteiger partial charge in [0.05, 0.1) is 25.8 Å². The number of ether oxygens (including phenoxy) is 1. The molecule has 10 heteroatoms. The van der Waals surface area contributed by atoms with E-state index in [2.05, 4.69) is 30.1 Å². The van der Waals surface area contributed by atoms with Crippen LogP contribution >= 0.6 is 0 Å². The van der Waals surface area contributed by atoms with Crippen molar-refractivity contribution in [3.8, 4) is 0 Å². The van der Waals surface area contributed by atoms with Crippen molar-refractivity contribution in [1.29, 1.82) is 0 Å². The second kappa shape index (κ2) is 5.51. The highest BCUT2D eigenvalue weighted by atomic mass is 32.2. The Labute approximate surface area is 91.6 Å². The fourth-order valence-electron chi connectivity index (χ4n) is 0.824. The zero-order chi connectivity index (χ0) is 12.0. The number of carbonyl (C=O) groups excluding carboxylic acids is 1. The molecular formula is C6H11N5O4S. The number of nitrogens with zero attached hydrogens (tertiary/aromatic N) is 3. The first-order chi connectivity index (χ1) is 7.53. The van der Waals surface area contributed by atoms with Crippen LogP contribution in [-0.2, 0) is 26.1 Å². The van der Waals surface area contributed by atoms with Gasteiger partial charge in [-0.15, -0.1) is 10.2 Å². The van der Waals surface area contributed by atoms with Gasteiger partial charge in [-0.25, -0.2) is 13.1 Å². The third kappa shape index (κ3) is 4.31. The maximum absolute atomic E-state index is 11.3. The molecule has 0 saturated carbocycles. The molecule has 0 aliphatic rings. The Balaban J connectivity index is 2.37. The summed E-state index contributed by atoms with van der Waals surface area (Å²) in [6.45, 7) is -0.0694. The Bertz CT molecular complexity index is 428. The summed E-state index contributed by atoms with van der Waals surface area (Å²) in [5, 5.41) is 12.6. The molecule has 1 heterocycles. The highest BCUT2D eigenvalue weighted by molar-refractivity contribution is 7.89. The molecule has 0 amide bonds. The van der Waals surface area contributed by atoms with Crippen molar-refractivity contribution in [3.05, 3.63) is 5.82 Å². The highest BCUT2D eigenvalue weighted by Gasteiger charge is 2.14. The minimum atomic E-state index is -3.54. The first-order valence-corrected chi connectivity index (χ1v) is 5.95. The van der Waals surface area contributed by atoms with E-state index < -0.39 is 16.0 Å². The molecule has 0 atom stereocenters. The average molecular weight is 249 g/mol. The maximum atomic E-state index is 11.3. The van der Waals surface area contributed by atoms with Crippen molar-refractivity contribution >= 4 is 16.0 Å². The van der Waals surface area contributed by atoms with Crippen LogP contribution in [-0.4, -0.2) is 47.9 Å². The molecule has 0 saturated heterocycles. The van der Waals surface area contributed by atoms with E-state index in [4.69, 9.17) is 0 Å². The van der Waals surface area contributed by atoms with Gasteiger partial charge in [-0.2, -0.15) is 5.21 Å². The quantitative estimate of drug-likeness (QED) is 0.568. The van der Waals surface area contributed by atoms with Crippen LogP contribution in [0.1, 0.15) is 12.2 Å². The van der Waals surface area contributed by atoms with Crippen molar-refractivity contribution in [1.82, 2.24) is 25.3 Å². The number of aromatic amines is 1. The van der Waals surface area contributed by atoms with E-state index in [1.165, 1.54) is 7.11 Å². The second-order valence-electron chi connectivity index (χ2n) is 2.79. The number of rotatable bonds is 6. The molecule has 1 rings (SSSR count). The van der Waals surface area contributed by atoms with Crippen LogP contribution in [0.3, 0.4) is 0 Å². The van der Waals surface area contributed by atoms with Gasteiger partial charge in [0.2, 0.25) is 10.0 Å². The number of tetrazole rings is 1. The lowest BCUT2D eigenvalue weighted by atomic mass is 10.5. The molecule has 90 valence electrons. The van der Waals surface area contributed by atoms with E-state index in [0.717, 1.165) is 0 Å². The Hall–Kier alpha value is -1.55. The van der Waals surface area contributed by atoms with Gasteiger partial charge in [0, 0.05) is 0 Å². The van der Waals surface area contributed by atoms with Gasteiger partial charge in [-0.1, -0.05) is 5.21 Å². The van der Waals surface area contributed by atoms with Gasteiger partial charge in [0.25, 0.3) is 0 Å².